The lowest BCUT2D eigenvalue weighted by atomic mass is 10.2. The Hall–Kier alpha value is -2.56. The van der Waals surface area contributed by atoms with Gasteiger partial charge in [0.05, 0.1) is 6.54 Å². The second kappa shape index (κ2) is 8.78. The molecule has 0 radical (unpaired) electrons. The summed E-state index contributed by atoms with van der Waals surface area (Å²) >= 11 is 0. The summed E-state index contributed by atoms with van der Waals surface area (Å²) in [7, 11) is 1.70. The van der Waals surface area contributed by atoms with Crippen LogP contribution in [-0.2, 0) is 6.54 Å². The number of rotatable bonds is 6. The van der Waals surface area contributed by atoms with E-state index in [2.05, 4.69) is 15.6 Å². The molecule has 4 nitrogen and oxygen atoms in total. The third-order valence-corrected chi connectivity index (χ3v) is 3.26. The molecule has 2 aromatic carbocycles. The molecule has 0 fully saturated rings. The maximum atomic E-state index is 13.1. The molecule has 0 aromatic heterocycles. The van der Waals surface area contributed by atoms with Gasteiger partial charge in [-0.15, -0.1) is 0 Å². The van der Waals surface area contributed by atoms with Gasteiger partial charge in [-0.3, -0.25) is 4.99 Å². The highest BCUT2D eigenvalue weighted by Gasteiger charge is 2.00. The van der Waals surface area contributed by atoms with Gasteiger partial charge in [-0.1, -0.05) is 29.8 Å². The van der Waals surface area contributed by atoms with Crippen LogP contribution in [0.5, 0.6) is 5.75 Å². The van der Waals surface area contributed by atoms with Crippen LogP contribution in [0, 0.1) is 12.7 Å². The summed E-state index contributed by atoms with van der Waals surface area (Å²) in [6.45, 7) is 3.70. The minimum absolute atomic E-state index is 0.237. The van der Waals surface area contributed by atoms with Crippen LogP contribution in [0.1, 0.15) is 11.1 Å². The van der Waals surface area contributed by atoms with Gasteiger partial charge in [-0.05, 0) is 36.8 Å². The third-order valence-electron chi connectivity index (χ3n) is 3.26. The monoisotopic (exact) mass is 315 g/mol. The van der Waals surface area contributed by atoms with Gasteiger partial charge in [-0.25, -0.2) is 4.39 Å². The first kappa shape index (κ1) is 16.8. The number of guanidine groups is 1. The lowest BCUT2D eigenvalue weighted by molar-refractivity contribution is 0.322. The van der Waals surface area contributed by atoms with Gasteiger partial charge in [0.25, 0.3) is 0 Å². The van der Waals surface area contributed by atoms with Crippen LogP contribution in [0.2, 0.25) is 0 Å². The van der Waals surface area contributed by atoms with Crippen LogP contribution >= 0.6 is 0 Å². The van der Waals surface area contributed by atoms with E-state index in [-0.39, 0.29) is 5.82 Å². The van der Waals surface area contributed by atoms with E-state index in [0.29, 0.717) is 25.7 Å². The molecular weight excluding hydrogens is 293 g/mol. The minimum atomic E-state index is -0.237. The Kier molecular flexibility index (Phi) is 6.41. The summed E-state index contributed by atoms with van der Waals surface area (Å²) in [5, 5.41) is 6.29. The number of hydrogen-bond acceptors (Lipinski definition) is 2. The summed E-state index contributed by atoms with van der Waals surface area (Å²) in [5.74, 6) is 1.26. The van der Waals surface area contributed by atoms with Crippen LogP contribution in [0.15, 0.2) is 53.5 Å². The first-order valence-electron chi connectivity index (χ1n) is 7.56. The van der Waals surface area contributed by atoms with Crippen LogP contribution < -0.4 is 15.4 Å². The molecule has 5 heteroatoms. The lowest BCUT2D eigenvalue weighted by Gasteiger charge is -2.12. The number of benzene rings is 2. The van der Waals surface area contributed by atoms with Crippen molar-refractivity contribution < 1.29 is 9.13 Å². The second-order valence-electron chi connectivity index (χ2n) is 5.14. The molecule has 2 N–H and O–H groups in total. The molecule has 0 aliphatic rings. The van der Waals surface area contributed by atoms with Crippen molar-refractivity contribution in [3.05, 3.63) is 65.5 Å². The Bertz CT molecular complexity index is 641. The smallest absolute Gasteiger partial charge is 0.191 e. The van der Waals surface area contributed by atoms with Crippen LogP contribution in [0.4, 0.5) is 4.39 Å². The highest BCUT2D eigenvalue weighted by Crippen LogP contribution is 2.10. The zero-order chi connectivity index (χ0) is 16.5. The van der Waals surface area contributed by atoms with Gasteiger partial charge < -0.3 is 15.4 Å². The number of aliphatic imine (C=N–C) groups is 1. The Morgan fingerprint density at radius 3 is 2.61 bits per heavy atom. The Labute approximate surface area is 136 Å². The molecule has 0 atom stereocenters. The first-order chi connectivity index (χ1) is 11.2. The number of aryl methyl sites for hydroxylation is 1. The fraction of sp³-hybridized carbons (Fsp3) is 0.278. The SMILES string of the molecule is CN=C(NCCOc1ccc(C)cc1)NCc1cccc(F)c1. The van der Waals surface area contributed by atoms with Crippen molar-refractivity contribution >= 4 is 5.96 Å². The number of ether oxygens (including phenoxy) is 1. The second-order valence-corrected chi connectivity index (χ2v) is 5.14. The largest absolute Gasteiger partial charge is 0.492 e. The zero-order valence-electron chi connectivity index (χ0n) is 13.5. The molecule has 0 unspecified atom stereocenters. The molecule has 0 spiro atoms. The van der Waals surface area contributed by atoms with E-state index in [9.17, 15) is 4.39 Å². The predicted molar refractivity (Wildman–Crippen MR) is 91.3 cm³/mol. The van der Waals surface area contributed by atoms with Crippen molar-refractivity contribution in [1.82, 2.24) is 10.6 Å². The molecule has 2 rings (SSSR count). The van der Waals surface area contributed by atoms with Crippen LogP contribution in [0.25, 0.3) is 0 Å². The Morgan fingerprint density at radius 1 is 1.13 bits per heavy atom. The molecule has 0 aliphatic heterocycles. The summed E-state index contributed by atoms with van der Waals surface area (Å²) < 4.78 is 18.8. The van der Waals surface area contributed by atoms with Crippen LogP contribution in [0.3, 0.4) is 0 Å². The van der Waals surface area contributed by atoms with Gasteiger partial charge in [0.15, 0.2) is 5.96 Å². The maximum absolute atomic E-state index is 13.1. The van der Waals surface area contributed by atoms with Gasteiger partial charge in [-0.2, -0.15) is 0 Å². The lowest BCUT2D eigenvalue weighted by Crippen LogP contribution is -2.38. The van der Waals surface area contributed by atoms with Crippen molar-refractivity contribution in [3.8, 4) is 5.75 Å². The summed E-state index contributed by atoms with van der Waals surface area (Å²) in [5.41, 5.74) is 2.07. The number of nitrogens with one attached hydrogen (secondary N) is 2. The van der Waals surface area contributed by atoms with Crippen molar-refractivity contribution in [2.75, 3.05) is 20.2 Å². The molecule has 0 saturated heterocycles. The van der Waals surface area contributed by atoms with E-state index in [0.717, 1.165) is 11.3 Å². The number of halogens is 1. The van der Waals surface area contributed by atoms with Gasteiger partial charge in [0, 0.05) is 13.6 Å². The van der Waals surface area contributed by atoms with Gasteiger partial charge >= 0.3 is 0 Å². The Balaban J connectivity index is 1.69. The van der Waals surface area contributed by atoms with Crippen LogP contribution in [-0.4, -0.2) is 26.2 Å². The van der Waals surface area contributed by atoms with E-state index in [4.69, 9.17) is 4.74 Å². The van der Waals surface area contributed by atoms with E-state index >= 15 is 0 Å². The highest BCUT2D eigenvalue weighted by molar-refractivity contribution is 5.79. The van der Waals surface area contributed by atoms with Gasteiger partial charge in [0.1, 0.15) is 18.2 Å². The molecule has 122 valence electrons. The molecule has 0 aliphatic carbocycles. The van der Waals surface area contributed by atoms with Crippen molar-refractivity contribution in [3.63, 3.8) is 0 Å². The molecule has 0 heterocycles. The van der Waals surface area contributed by atoms with Crippen molar-refractivity contribution in [1.29, 1.82) is 0 Å². The highest BCUT2D eigenvalue weighted by atomic mass is 19.1. The molecule has 0 bridgehead atoms. The van der Waals surface area contributed by atoms with E-state index < -0.39 is 0 Å². The Morgan fingerprint density at radius 2 is 1.91 bits per heavy atom. The van der Waals surface area contributed by atoms with E-state index in [1.807, 2.05) is 37.3 Å². The summed E-state index contributed by atoms with van der Waals surface area (Å²) in [6, 6.07) is 14.4. The standard InChI is InChI=1S/C18H22FN3O/c1-14-6-8-17(9-7-14)23-11-10-21-18(20-2)22-13-15-4-3-5-16(19)12-15/h3-9,12H,10-11,13H2,1-2H3,(H2,20,21,22). The van der Waals surface area contributed by atoms with Crippen molar-refractivity contribution in [2.24, 2.45) is 4.99 Å². The average molecular weight is 315 g/mol. The van der Waals surface area contributed by atoms with E-state index in [1.54, 1.807) is 13.1 Å². The molecule has 0 amide bonds. The molecule has 2 aromatic rings. The number of hydrogen-bond donors (Lipinski definition) is 2. The van der Waals surface area contributed by atoms with Gasteiger partial charge in [0.2, 0.25) is 0 Å². The molecular formula is C18H22FN3O. The summed E-state index contributed by atoms with van der Waals surface area (Å²) in [4.78, 5) is 4.13. The summed E-state index contributed by atoms with van der Waals surface area (Å²) in [6.07, 6.45) is 0. The maximum Gasteiger partial charge on any atom is 0.191 e. The predicted octanol–water partition coefficient (Wildman–Crippen LogP) is 2.88. The quantitative estimate of drug-likeness (QED) is 0.489. The first-order valence-corrected chi connectivity index (χ1v) is 7.56. The topological polar surface area (TPSA) is 45.7 Å². The fourth-order valence-corrected chi connectivity index (χ4v) is 2.03. The fourth-order valence-electron chi connectivity index (χ4n) is 2.03. The molecule has 23 heavy (non-hydrogen) atoms. The molecule has 0 saturated carbocycles. The minimum Gasteiger partial charge on any atom is -0.492 e. The number of nitrogens with zero attached hydrogens (tertiary/aromatic N) is 1. The van der Waals surface area contributed by atoms with E-state index in [1.165, 1.54) is 17.7 Å². The third kappa shape index (κ3) is 5.98. The zero-order valence-corrected chi connectivity index (χ0v) is 13.5. The van der Waals surface area contributed by atoms with Crippen molar-refractivity contribution in [2.45, 2.75) is 13.5 Å². The normalized spacial score (nSPS) is 11.2. The average Bonchev–Trinajstić information content (AvgIpc) is 2.56.